The average Bonchev–Trinajstić information content (AvgIpc) is 0.940. The molecule has 1 amide bonds. The van der Waals surface area contributed by atoms with Crippen molar-refractivity contribution in [2.24, 2.45) is 0 Å². The van der Waals surface area contributed by atoms with Crippen LogP contribution in [0, 0.1) is 20.2 Å². The summed E-state index contributed by atoms with van der Waals surface area (Å²) in [4.78, 5) is 67.7. The number of benzene rings is 4. The Balaban J connectivity index is 1.56. The topological polar surface area (TPSA) is 251 Å². The van der Waals surface area contributed by atoms with Crippen LogP contribution >= 0.6 is 0 Å². The highest BCUT2D eigenvalue weighted by Gasteiger charge is 2.63. The molecule has 4 aromatic carbocycles. The summed E-state index contributed by atoms with van der Waals surface area (Å²) in [6.45, 7) is 27.9. The van der Waals surface area contributed by atoms with Crippen molar-refractivity contribution in [1.29, 1.82) is 0 Å². The maximum Gasteiger partial charge on any atom is 0.408 e. The van der Waals surface area contributed by atoms with Crippen molar-refractivity contribution < 1.29 is 75.7 Å². The summed E-state index contributed by atoms with van der Waals surface area (Å²) >= 11 is 0. The van der Waals surface area contributed by atoms with Crippen molar-refractivity contribution in [1.82, 2.24) is 5.32 Å². The zero-order valence-electron chi connectivity index (χ0n) is 53.9. The van der Waals surface area contributed by atoms with Gasteiger partial charge < -0.3 is 56.8 Å². The fourth-order valence-corrected chi connectivity index (χ4v) is 22.2. The molecular weight excluding hydrogens is 1170 g/mol. The summed E-state index contributed by atoms with van der Waals surface area (Å²) in [6, 6.07) is 32.1. The van der Waals surface area contributed by atoms with E-state index in [0.717, 1.165) is 22.9 Å². The first kappa shape index (κ1) is 71.1. The van der Waals surface area contributed by atoms with E-state index in [1.807, 2.05) is 97.1 Å². The first-order valence-corrected chi connectivity index (χ1v) is 34.3. The van der Waals surface area contributed by atoms with Crippen LogP contribution in [0.5, 0.6) is 0 Å². The van der Waals surface area contributed by atoms with Crippen molar-refractivity contribution in [3.05, 3.63) is 153 Å². The van der Waals surface area contributed by atoms with Gasteiger partial charge in [0.05, 0.1) is 33.0 Å². The van der Waals surface area contributed by atoms with Crippen LogP contribution < -0.4 is 15.7 Å². The first-order chi connectivity index (χ1) is 41.3. The van der Waals surface area contributed by atoms with Gasteiger partial charge in [0.25, 0.3) is 20.4 Å². The van der Waals surface area contributed by atoms with Gasteiger partial charge in [-0.2, -0.15) is 0 Å². The molecule has 11 atom stereocenters. The SMILES string of the molecule is CC(=O)O[C@@H]1[C@H](O[C@H]2O[C@H](CO[Si](c3ccccc3)(c3ccccc3)C(C)(C)C)[C@H](OCc3ccccc3)[C@H](OCc3ccccc3)[C@H]2[N+](=O)[O-])[C@@H]([N+](=O)[O-])[C@@H](OC[C@H](NC(=O)OC(C)(C)C)C(=O)OC(C)(C)C)O[C@@H]1CO[Si](C(C)C)(C(C)C)C(C)C. The molecule has 6 rings (SSSR count). The Morgan fingerprint density at radius 1 is 0.557 bits per heavy atom. The largest absolute Gasteiger partial charge is 0.458 e. The summed E-state index contributed by atoms with van der Waals surface area (Å²) in [5, 5.41) is 32.0. The van der Waals surface area contributed by atoms with Crippen LogP contribution in [0.3, 0.4) is 0 Å². The number of amides is 1. The van der Waals surface area contributed by atoms with Gasteiger partial charge in [0.15, 0.2) is 32.7 Å². The molecule has 0 bridgehead atoms. The van der Waals surface area contributed by atoms with Crippen LogP contribution in [0.25, 0.3) is 0 Å². The van der Waals surface area contributed by atoms with Crippen LogP contribution in [0.1, 0.15) is 122 Å². The molecular formula is C65H93N3O18Si2. The molecule has 2 aliphatic rings. The second-order valence-corrected chi connectivity index (χ2v) is 36.3. The quantitative estimate of drug-likeness (QED) is 0.0192. The van der Waals surface area contributed by atoms with Gasteiger partial charge in [-0.05, 0) is 84.7 Å². The molecule has 21 nitrogen and oxygen atoms in total. The fourth-order valence-electron chi connectivity index (χ4n) is 12.2. The summed E-state index contributed by atoms with van der Waals surface area (Å²) < 4.78 is 72.2. The van der Waals surface area contributed by atoms with E-state index >= 15 is 0 Å². The molecule has 0 aliphatic carbocycles. The number of nitro groups is 2. The van der Waals surface area contributed by atoms with Gasteiger partial charge in [0.2, 0.25) is 12.6 Å². The molecule has 0 saturated carbocycles. The monoisotopic (exact) mass is 1260 g/mol. The number of nitrogens with one attached hydrogen (secondary N) is 1. The standard InChI is InChI=1S/C65H93N3O18Si2/c1-42(2)87(43(3)4,44(5)6)79-40-52-56(81-45(7)69)58(54(68(74)75)60(82-52)78-39-50(59(70)85-63(8,9)10)66-62(71)86-64(11,12)13)84-61-53(67(72)73)57(77-38-47-31-23-18-24-32-47)55(76-37-46-29-21-17-22-30-46)51(83-61)41-80-88(65(14,15)16,48-33-25-19-26-34-48)49-35-27-20-28-36-49/h17-36,42-44,50-58,60-61H,37-41H2,1-16H3,(H,66,71)/t50-,51+,52+,53+,54+,55-,56-,57+,58+,60-,61+/m0/s1. The number of carbonyl (C=O) groups is 3. The molecule has 88 heavy (non-hydrogen) atoms. The van der Waals surface area contributed by atoms with E-state index < -0.39 is 135 Å². The molecule has 0 aromatic heterocycles. The highest BCUT2D eigenvalue weighted by Crippen LogP contribution is 2.44. The Hall–Kier alpha value is -6.00. The maximum absolute atomic E-state index is 14.2. The number of carbonyl (C=O) groups excluding carboxylic acids is 3. The molecule has 0 spiro atoms. The van der Waals surface area contributed by atoms with Gasteiger partial charge in [0.1, 0.15) is 29.5 Å². The molecule has 2 aliphatic heterocycles. The van der Waals surface area contributed by atoms with Gasteiger partial charge in [-0.15, -0.1) is 0 Å². The Morgan fingerprint density at radius 3 is 1.41 bits per heavy atom. The van der Waals surface area contributed by atoms with E-state index in [2.05, 4.69) is 67.6 Å². The predicted octanol–water partition coefficient (Wildman–Crippen LogP) is 10.2. The maximum atomic E-state index is 14.2. The number of esters is 2. The van der Waals surface area contributed by atoms with E-state index in [-0.39, 0.29) is 43.1 Å². The summed E-state index contributed by atoms with van der Waals surface area (Å²) in [5.41, 5.74) is -0.615. The van der Waals surface area contributed by atoms with Crippen LogP contribution in [-0.2, 0) is 74.3 Å². The number of hydrogen-bond donors (Lipinski definition) is 1. The van der Waals surface area contributed by atoms with Crippen LogP contribution in [-0.4, -0.2) is 143 Å². The van der Waals surface area contributed by atoms with Crippen LogP contribution in [0.4, 0.5) is 4.79 Å². The average molecular weight is 1260 g/mol. The summed E-state index contributed by atoms with van der Waals surface area (Å²) in [7, 11) is -6.28. The highest BCUT2D eigenvalue weighted by molar-refractivity contribution is 6.99. The van der Waals surface area contributed by atoms with Gasteiger partial charge in [0, 0.05) is 16.8 Å². The second kappa shape index (κ2) is 30.7. The van der Waals surface area contributed by atoms with E-state index in [1.165, 1.54) is 0 Å². The molecule has 2 fully saturated rings. The number of ether oxygens (including phenoxy) is 9. The van der Waals surface area contributed by atoms with Gasteiger partial charge in [-0.25, -0.2) is 9.59 Å². The molecule has 0 radical (unpaired) electrons. The molecule has 2 heterocycles. The van der Waals surface area contributed by atoms with E-state index in [0.29, 0.717) is 5.56 Å². The molecule has 0 unspecified atom stereocenters. The smallest absolute Gasteiger partial charge is 0.408 e. The molecule has 23 heteroatoms. The van der Waals surface area contributed by atoms with Gasteiger partial charge in [-0.1, -0.05) is 184 Å². The number of rotatable bonds is 27. The Morgan fingerprint density at radius 2 is 0.977 bits per heavy atom. The van der Waals surface area contributed by atoms with E-state index in [4.69, 9.17) is 51.5 Å². The Kier molecular flexibility index (Phi) is 24.8. The molecule has 4 aromatic rings. The molecule has 484 valence electrons. The third-order valence-corrected chi connectivity index (χ3v) is 26.9. The minimum Gasteiger partial charge on any atom is -0.458 e. The Bertz CT molecular complexity index is 2810. The number of hydrogen-bond acceptors (Lipinski definition) is 18. The van der Waals surface area contributed by atoms with Crippen molar-refractivity contribution in [2.75, 3.05) is 19.8 Å². The molecule has 1 N–H and O–H groups in total. The zero-order valence-corrected chi connectivity index (χ0v) is 55.9. The fraction of sp³-hybridized carbons (Fsp3) is 0.585. The highest BCUT2D eigenvalue weighted by atomic mass is 28.4. The van der Waals surface area contributed by atoms with E-state index in [9.17, 15) is 34.6 Å². The van der Waals surface area contributed by atoms with Crippen LogP contribution in [0.2, 0.25) is 21.7 Å². The van der Waals surface area contributed by atoms with Crippen molar-refractivity contribution >= 4 is 45.0 Å². The lowest BCUT2D eigenvalue weighted by atomic mass is 9.94. The van der Waals surface area contributed by atoms with E-state index in [1.54, 1.807) is 65.8 Å². The molecule has 2 saturated heterocycles. The van der Waals surface area contributed by atoms with Gasteiger partial charge in [-0.3, -0.25) is 25.0 Å². The number of nitrogens with zero attached hydrogens (tertiary/aromatic N) is 2. The normalized spacial score (nSPS) is 23.3. The van der Waals surface area contributed by atoms with Crippen molar-refractivity contribution in [2.45, 2.75) is 224 Å². The second-order valence-electron chi connectivity index (χ2n) is 26.5. The lowest BCUT2D eigenvalue weighted by Gasteiger charge is -2.48. The lowest BCUT2D eigenvalue weighted by Crippen LogP contribution is -2.70. The number of alkyl carbamates (subject to hydrolysis) is 1. The predicted molar refractivity (Wildman–Crippen MR) is 335 cm³/mol. The third kappa shape index (κ3) is 18.1. The van der Waals surface area contributed by atoms with Crippen molar-refractivity contribution in [3.8, 4) is 0 Å². The Labute approximate surface area is 520 Å². The van der Waals surface area contributed by atoms with Crippen molar-refractivity contribution in [3.63, 3.8) is 0 Å². The lowest BCUT2D eigenvalue weighted by molar-refractivity contribution is -0.598. The minimum atomic E-state index is -3.44. The zero-order chi connectivity index (χ0) is 64.9. The summed E-state index contributed by atoms with van der Waals surface area (Å²) in [5.74, 6) is -1.87. The summed E-state index contributed by atoms with van der Waals surface area (Å²) in [6.07, 6.45) is -14.3. The minimum absolute atomic E-state index is 0.0202. The van der Waals surface area contributed by atoms with Crippen LogP contribution in [0.15, 0.2) is 121 Å². The first-order valence-electron chi connectivity index (χ1n) is 30.2. The van der Waals surface area contributed by atoms with Gasteiger partial charge >= 0.3 is 18.0 Å². The third-order valence-electron chi connectivity index (χ3n) is 15.8.